The molecule has 0 unspecified atom stereocenters. The minimum atomic E-state index is 0.428. The van der Waals surface area contributed by atoms with Crippen molar-refractivity contribution in [3.63, 3.8) is 0 Å². The summed E-state index contributed by atoms with van der Waals surface area (Å²) in [4.78, 5) is 6.20. The van der Waals surface area contributed by atoms with Crippen LogP contribution in [0, 0.1) is 11.3 Å². The van der Waals surface area contributed by atoms with E-state index in [2.05, 4.69) is 67.9 Å². The fraction of sp³-hybridized carbons (Fsp3) is 0.741. The molecule has 0 amide bonds. The Hall–Kier alpha value is -1.13. The summed E-state index contributed by atoms with van der Waals surface area (Å²) in [6.45, 7) is 18.3. The maximum absolute atomic E-state index is 5.84. The highest BCUT2D eigenvalue weighted by Crippen LogP contribution is 2.46. The first-order chi connectivity index (χ1) is 14.8. The van der Waals surface area contributed by atoms with Crippen molar-refractivity contribution in [3.05, 3.63) is 29.3 Å². The summed E-state index contributed by atoms with van der Waals surface area (Å²) in [7, 11) is 0. The van der Waals surface area contributed by atoms with Crippen LogP contribution in [0.2, 0.25) is 0 Å². The molecular weight excluding hydrogens is 398 g/mol. The molecule has 1 saturated carbocycles. The molecule has 0 aromatic heterocycles. The van der Waals surface area contributed by atoms with E-state index in [0.717, 1.165) is 30.5 Å². The molecule has 0 radical (unpaired) electrons. The van der Waals surface area contributed by atoms with Crippen LogP contribution in [0.3, 0.4) is 0 Å². The van der Waals surface area contributed by atoms with Gasteiger partial charge in [0, 0.05) is 38.3 Å². The maximum Gasteiger partial charge on any atom is 0.108 e. The first-order valence-corrected chi connectivity index (χ1v) is 13.1. The first kappa shape index (κ1) is 24.5. The van der Waals surface area contributed by atoms with Crippen LogP contribution in [0.25, 0.3) is 0 Å². The highest BCUT2D eigenvalue weighted by atomic mass is 32.1. The molecule has 1 aromatic carbocycles. The lowest BCUT2D eigenvalue weighted by atomic mass is 9.68. The summed E-state index contributed by atoms with van der Waals surface area (Å²) in [6.07, 6.45) is 7.90. The maximum atomic E-state index is 5.84. The standard InChI is InChI=1S/C27H45N3S/c1-6-8-16-29-17-19-30(20-18-29)25-23(10-9-11-24(25)26(31)28-7-2)21-12-14-22(15-13-21)27(3,4)5/h9-11,21-22H,6-8,12-20H2,1-5H3,(H,28,31). The van der Waals surface area contributed by atoms with Crippen LogP contribution >= 0.6 is 12.2 Å². The van der Waals surface area contributed by atoms with Crippen LogP contribution in [-0.4, -0.2) is 49.2 Å². The highest BCUT2D eigenvalue weighted by Gasteiger charge is 2.32. The van der Waals surface area contributed by atoms with Crippen molar-refractivity contribution in [2.75, 3.05) is 44.2 Å². The number of para-hydroxylation sites is 1. The van der Waals surface area contributed by atoms with Gasteiger partial charge in [-0.15, -0.1) is 0 Å². The lowest BCUT2D eigenvalue weighted by Crippen LogP contribution is -2.47. The number of rotatable bonds is 7. The van der Waals surface area contributed by atoms with Crippen LogP contribution in [0.4, 0.5) is 5.69 Å². The van der Waals surface area contributed by atoms with Gasteiger partial charge in [-0.05, 0) is 74.5 Å². The van der Waals surface area contributed by atoms with Gasteiger partial charge in [-0.25, -0.2) is 0 Å². The van der Waals surface area contributed by atoms with Crippen LogP contribution in [0.5, 0.6) is 0 Å². The number of nitrogens with one attached hydrogen (secondary N) is 1. The summed E-state index contributed by atoms with van der Waals surface area (Å²) < 4.78 is 0. The molecule has 3 rings (SSSR count). The summed E-state index contributed by atoms with van der Waals surface area (Å²) in [5.41, 5.74) is 4.65. The summed E-state index contributed by atoms with van der Waals surface area (Å²) in [5, 5.41) is 3.43. The molecule has 31 heavy (non-hydrogen) atoms. The molecular formula is C27H45N3S. The fourth-order valence-electron chi connectivity index (χ4n) is 5.53. The number of hydrogen-bond donors (Lipinski definition) is 1. The van der Waals surface area contributed by atoms with Gasteiger partial charge < -0.3 is 10.2 Å². The number of thiocarbonyl (C=S) groups is 1. The molecule has 0 spiro atoms. The van der Waals surface area contributed by atoms with Crippen LogP contribution in [0.1, 0.15) is 90.2 Å². The van der Waals surface area contributed by atoms with Crippen LogP contribution in [0.15, 0.2) is 18.2 Å². The Bertz CT molecular complexity index is 708. The number of piperazine rings is 1. The van der Waals surface area contributed by atoms with Gasteiger partial charge in [-0.1, -0.05) is 58.5 Å². The Morgan fingerprint density at radius 3 is 2.29 bits per heavy atom. The van der Waals surface area contributed by atoms with Crippen molar-refractivity contribution in [2.45, 2.75) is 79.1 Å². The van der Waals surface area contributed by atoms with Gasteiger partial charge in [-0.2, -0.15) is 0 Å². The Kier molecular flexibility index (Phi) is 8.81. The van der Waals surface area contributed by atoms with Gasteiger partial charge in [0.1, 0.15) is 4.99 Å². The third-order valence-electron chi connectivity index (χ3n) is 7.56. The molecule has 0 atom stereocenters. The van der Waals surface area contributed by atoms with E-state index in [0.29, 0.717) is 11.3 Å². The van der Waals surface area contributed by atoms with E-state index in [4.69, 9.17) is 12.2 Å². The molecule has 1 aromatic rings. The third kappa shape index (κ3) is 6.22. The van der Waals surface area contributed by atoms with Gasteiger partial charge in [0.15, 0.2) is 0 Å². The smallest absolute Gasteiger partial charge is 0.108 e. The van der Waals surface area contributed by atoms with Crippen molar-refractivity contribution in [1.82, 2.24) is 10.2 Å². The van der Waals surface area contributed by atoms with E-state index in [1.54, 1.807) is 5.56 Å². The first-order valence-electron chi connectivity index (χ1n) is 12.7. The van der Waals surface area contributed by atoms with Crippen LogP contribution < -0.4 is 10.2 Å². The topological polar surface area (TPSA) is 18.5 Å². The highest BCUT2D eigenvalue weighted by molar-refractivity contribution is 7.80. The average Bonchev–Trinajstić information content (AvgIpc) is 2.77. The Labute approximate surface area is 197 Å². The van der Waals surface area contributed by atoms with Crippen LogP contribution in [-0.2, 0) is 0 Å². The monoisotopic (exact) mass is 443 g/mol. The second kappa shape index (κ2) is 11.1. The van der Waals surface area contributed by atoms with Gasteiger partial charge in [0.25, 0.3) is 0 Å². The molecule has 1 heterocycles. The third-order valence-corrected chi connectivity index (χ3v) is 7.92. The minimum absolute atomic E-state index is 0.428. The van der Waals surface area contributed by atoms with Crippen molar-refractivity contribution in [1.29, 1.82) is 0 Å². The molecule has 1 saturated heterocycles. The van der Waals surface area contributed by atoms with Gasteiger partial charge in [0.05, 0.1) is 5.69 Å². The number of unbranched alkanes of at least 4 members (excludes halogenated alkanes) is 1. The zero-order valence-corrected chi connectivity index (χ0v) is 21.5. The molecule has 3 nitrogen and oxygen atoms in total. The van der Waals surface area contributed by atoms with Crippen molar-refractivity contribution >= 4 is 22.9 Å². The second-order valence-electron chi connectivity index (χ2n) is 10.7. The predicted molar refractivity (Wildman–Crippen MR) is 140 cm³/mol. The molecule has 0 bridgehead atoms. The predicted octanol–water partition coefficient (Wildman–Crippen LogP) is 6.21. The normalized spacial score (nSPS) is 23.1. The number of hydrogen-bond acceptors (Lipinski definition) is 3. The van der Waals surface area contributed by atoms with Crippen molar-refractivity contribution in [2.24, 2.45) is 11.3 Å². The molecule has 4 heteroatoms. The van der Waals surface area contributed by atoms with E-state index >= 15 is 0 Å². The van der Waals surface area contributed by atoms with Gasteiger partial charge in [0.2, 0.25) is 0 Å². The van der Waals surface area contributed by atoms with E-state index in [9.17, 15) is 0 Å². The SMILES string of the molecule is CCCCN1CCN(c2c(C(=S)NCC)cccc2C2CCC(C(C)(C)C)CC2)CC1. The Morgan fingerprint density at radius 2 is 1.71 bits per heavy atom. The summed E-state index contributed by atoms with van der Waals surface area (Å²) in [5.74, 6) is 1.51. The van der Waals surface area contributed by atoms with E-state index in [1.165, 1.54) is 69.4 Å². The van der Waals surface area contributed by atoms with Crippen molar-refractivity contribution < 1.29 is 0 Å². The van der Waals surface area contributed by atoms with E-state index in [-0.39, 0.29) is 0 Å². The molecule has 1 aliphatic carbocycles. The fourth-order valence-corrected chi connectivity index (χ4v) is 5.84. The van der Waals surface area contributed by atoms with Gasteiger partial charge >= 0.3 is 0 Å². The Morgan fingerprint density at radius 1 is 1.03 bits per heavy atom. The zero-order valence-electron chi connectivity index (χ0n) is 20.7. The quantitative estimate of drug-likeness (QED) is 0.504. The van der Waals surface area contributed by atoms with E-state index < -0.39 is 0 Å². The van der Waals surface area contributed by atoms with Gasteiger partial charge in [-0.3, -0.25) is 4.90 Å². The number of benzene rings is 1. The second-order valence-corrected chi connectivity index (χ2v) is 11.1. The lowest BCUT2D eigenvalue weighted by Gasteiger charge is -2.41. The summed E-state index contributed by atoms with van der Waals surface area (Å²) in [6, 6.07) is 6.89. The summed E-state index contributed by atoms with van der Waals surface area (Å²) >= 11 is 5.84. The number of anilines is 1. The molecule has 2 aliphatic rings. The molecule has 2 fully saturated rings. The minimum Gasteiger partial charge on any atom is -0.376 e. The lowest BCUT2D eigenvalue weighted by molar-refractivity contribution is 0.169. The largest absolute Gasteiger partial charge is 0.376 e. The molecule has 174 valence electrons. The van der Waals surface area contributed by atoms with Crippen molar-refractivity contribution in [3.8, 4) is 0 Å². The molecule has 1 N–H and O–H groups in total. The zero-order chi connectivity index (χ0) is 22.4. The Balaban J connectivity index is 1.83. The average molecular weight is 444 g/mol. The molecule has 1 aliphatic heterocycles. The van der Waals surface area contributed by atoms with E-state index in [1.807, 2.05) is 0 Å². The number of nitrogens with zero attached hydrogens (tertiary/aromatic N) is 2.